The average Bonchev–Trinajstić information content (AvgIpc) is 3.42. The number of carbonyl (C=O) groups excluding carboxylic acids is 3. The van der Waals surface area contributed by atoms with Crippen LogP contribution in [0.2, 0.25) is 0 Å². The molecule has 2 heterocycles. The lowest BCUT2D eigenvalue weighted by atomic mass is 9.80. The molecule has 0 saturated carbocycles. The van der Waals surface area contributed by atoms with Gasteiger partial charge in [-0.1, -0.05) is 36.4 Å². The molecule has 49 heavy (non-hydrogen) atoms. The molecule has 4 aromatic rings. The predicted molar refractivity (Wildman–Crippen MR) is 164 cm³/mol. The van der Waals surface area contributed by atoms with Gasteiger partial charge in [-0.25, -0.2) is 9.07 Å². The maximum atomic E-state index is 14.3. The maximum absolute atomic E-state index is 14.3. The zero-order valence-corrected chi connectivity index (χ0v) is 25.9. The number of fused-ring (bicyclic) bond motifs is 1. The van der Waals surface area contributed by atoms with E-state index in [1.807, 2.05) is 0 Å². The lowest BCUT2D eigenvalue weighted by Gasteiger charge is -2.38. The first-order valence-corrected chi connectivity index (χ1v) is 14.8. The molecule has 0 bridgehead atoms. The van der Waals surface area contributed by atoms with Crippen molar-refractivity contribution in [3.8, 4) is 5.69 Å². The Labute approximate surface area is 275 Å². The highest BCUT2D eigenvalue weighted by molar-refractivity contribution is 6.05. The molecule has 8 nitrogen and oxygen atoms in total. The molecular weight excluding hydrogens is 659 g/mol. The molecule has 1 aromatic heterocycles. The van der Waals surface area contributed by atoms with Crippen LogP contribution in [0.5, 0.6) is 0 Å². The number of benzene rings is 3. The predicted octanol–water partition coefficient (Wildman–Crippen LogP) is 6.40. The highest BCUT2D eigenvalue weighted by Gasteiger charge is 2.46. The van der Waals surface area contributed by atoms with Crippen molar-refractivity contribution >= 4 is 23.5 Å². The third kappa shape index (κ3) is 7.50. The summed E-state index contributed by atoms with van der Waals surface area (Å²) in [7, 11) is 1.25. The Hall–Kier alpha value is -5.47. The van der Waals surface area contributed by atoms with Gasteiger partial charge in [0.15, 0.2) is 0 Å². The fourth-order valence-electron chi connectivity index (χ4n) is 5.63. The van der Waals surface area contributed by atoms with E-state index in [9.17, 15) is 45.1 Å². The van der Waals surface area contributed by atoms with Crippen LogP contribution in [0.3, 0.4) is 0 Å². The van der Waals surface area contributed by atoms with Crippen LogP contribution >= 0.6 is 0 Å². The quantitative estimate of drug-likeness (QED) is 0.172. The number of alkyl halides is 6. The normalized spacial score (nSPS) is 16.5. The molecule has 1 aliphatic heterocycles. The molecule has 3 aromatic carbocycles. The number of likely N-dealkylation sites (N-methyl/N-ethyl adjacent to an activating group) is 2. The lowest BCUT2D eigenvalue weighted by Crippen LogP contribution is -2.55. The van der Waals surface area contributed by atoms with Crippen LogP contribution in [0.25, 0.3) is 5.69 Å². The summed E-state index contributed by atoms with van der Waals surface area (Å²) in [5, 5.41) is 7.28. The summed E-state index contributed by atoms with van der Waals surface area (Å²) in [6.45, 7) is 1.31. The first kappa shape index (κ1) is 34.9. The Balaban J connectivity index is 1.69. The summed E-state index contributed by atoms with van der Waals surface area (Å²) in [5.74, 6) is -4.20. The van der Waals surface area contributed by atoms with Gasteiger partial charge in [0, 0.05) is 42.8 Å². The van der Waals surface area contributed by atoms with E-state index in [0.29, 0.717) is 23.4 Å². The molecule has 0 saturated heterocycles. The molecule has 0 radical (unpaired) electrons. The van der Waals surface area contributed by atoms with Crippen molar-refractivity contribution in [3.05, 3.63) is 125 Å². The van der Waals surface area contributed by atoms with Crippen LogP contribution in [0, 0.1) is 5.82 Å². The van der Waals surface area contributed by atoms with Crippen molar-refractivity contribution in [2.45, 2.75) is 37.8 Å². The molecule has 5 rings (SSSR count). The molecular formula is C34H28F7N5O3. The van der Waals surface area contributed by atoms with Crippen molar-refractivity contribution in [1.82, 2.24) is 20.0 Å². The zero-order chi connectivity index (χ0) is 35.7. The maximum Gasteiger partial charge on any atom is 0.416 e. The number of rotatable bonds is 8. The van der Waals surface area contributed by atoms with Crippen LogP contribution in [-0.2, 0) is 22.3 Å². The number of halogens is 7. The fourth-order valence-corrected chi connectivity index (χ4v) is 5.63. The van der Waals surface area contributed by atoms with Gasteiger partial charge in [-0.2, -0.15) is 31.4 Å². The number of hydrogen-bond acceptors (Lipinski definition) is 4. The lowest BCUT2D eigenvalue weighted by molar-refractivity contribution is -0.137. The molecule has 1 aliphatic rings. The minimum absolute atomic E-state index is 0.0267. The molecule has 0 unspecified atom stereocenters. The second kappa shape index (κ2) is 13.6. The van der Waals surface area contributed by atoms with Crippen LogP contribution < -0.4 is 10.2 Å². The number of hydrogen-bond donors (Lipinski definition) is 1. The first-order valence-electron chi connectivity index (χ1n) is 14.8. The Morgan fingerprint density at radius 1 is 0.959 bits per heavy atom. The number of para-hydroxylation sites is 1. The van der Waals surface area contributed by atoms with E-state index in [2.05, 4.69) is 5.32 Å². The first-order chi connectivity index (χ1) is 23.1. The minimum atomic E-state index is -4.75. The Bertz CT molecular complexity index is 1890. The summed E-state index contributed by atoms with van der Waals surface area (Å²) in [4.78, 5) is 42.8. The highest BCUT2D eigenvalue weighted by atomic mass is 19.4. The topological polar surface area (TPSA) is 87.5 Å². The minimum Gasteiger partial charge on any atom is -0.339 e. The van der Waals surface area contributed by atoms with E-state index in [4.69, 9.17) is 5.10 Å². The van der Waals surface area contributed by atoms with Crippen molar-refractivity contribution in [1.29, 1.82) is 0 Å². The Morgan fingerprint density at radius 2 is 1.63 bits per heavy atom. The number of allylic oxidation sites excluding steroid dienone is 1. The number of anilines is 1. The number of aromatic nitrogens is 2. The number of nitrogens with zero attached hydrogens (tertiary/aromatic N) is 4. The fraction of sp³-hybridized carbons (Fsp3) is 0.235. The second-order valence-corrected chi connectivity index (χ2v) is 11.1. The van der Waals surface area contributed by atoms with E-state index in [1.165, 1.54) is 28.8 Å². The molecule has 0 spiro atoms. The Kier molecular flexibility index (Phi) is 9.65. The highest BCUT2D eigenvalue weighted by Crippen LogP contribution is 2.44. The van der Waals surface area contributed by atoms with Gasteiger partial charge in [0.2, 0.25) is 5.91 Å². The van der Waals surface area contributed by atoms with Gasteiger partial charge >= 0.3 is 12.4 Å². The summed E-state index contributed by atoms with van der Waals surface area (Å²) >= 11 is 0. The number of amides is 3. The Morgan fingerprint density at radius 3 is 2.24 bits per heavy atom. The third-order valence-corrected chi connectivity index (χ3v) is 7.87. The molecule has 3 amide bonds. The molecule has 2 atom stereocenters. The summed E-state index contributed by atoms with van der Waals surface area (Å²) in [6, 6.07) is 15.7. The molecule has 0 fully saturated rings. The molecule has 15 heteroatoms. The van der Waals surface area contributed by atoms with E-state index in [1.54, 1.807) is 37.3 Å². The van der Waals surface area contributed by atoms with Crippen LogP contribution in [0.15, 0.2) is 91.0 Å². The third-order valence-electron chi connectivity index (χ3n) is 7.87. The number of carbonyl (C=O) groups is 3. The second-order valence-electron chi connectivity index (χ2n) is 11.1. The van der Waals surface area contributed by atoms with E-state index in [-0.39, 0.29) is 41.8 Å². The van der Waals surface area contributed by atoms with E-state index in [0.717, 1.165) is 35.2 Å². The van der Waals surface area contributed by atoms with Gasteiger partial charge < -0.3 is 10.2 Å². The van der Waals surface area contributed by atoms with Crippen molar-refractivity contribution < 1.29 is 45.1 Å². The summed E-state index contributed by atoms with van der Waals surface area (Å²) in [5.41, 5.74) is -0.260. The van der Waals surface area contributed by atoms with Gasteiger partial charge in [0.05, 0.1) is 23.5 Å². The van der Waals surface area contributed by atoms with Crippen LogP contribution in [0.4, 0.5) is 36.6 Å². The van der Waals surface area contributed by atoms with E-state index >= 15 is 0 Å². The van der Waals surface area contributed by atoms with Gasteiger partial charge in [-0.3, -0.25) is 19.3 Å². The standard InChI is InChI=1S/C34H28F7N5O3/c1-3-45-31-28(25(43-46(31)24-10-5-4-6-11-24)19-44(2)26(47)16-17-33(36,37)38)27(20-12-14-23(35)15-13-20)29(32(45)49)42-30(48)21-8-7-9-22(18-21)34(39,40)41/h4-18,27,29H,3,19H2,1-2H3,(H,42,48)/b17-16+/t27-,29-/m0/s1. The number of nitrogens with one attached hydrogen (secondary N) is 1. The van der Waals surface area contributed by atoms with Crippen molar-refractivity contribution in [2.75, 3.05) is 18.5 Å². The van der Waals surface area contributed by atoms with Crippen LogP contribution in [0.1, 0.15) is 45.6 Å². The SMILES string of the molecule is CCN1C(=O)[C@@H](NC(=O)c2cccc(C(F)(F)F)c2)[C@@H](c2ccc(F)cc2)c2c(CN(C)C(=O)/C=C/C(F)(F)F)nn(-c3ccccc3)c21. The monoisotopic (exact) mass is 687 g/mol. The largest absolute Gasteiger partial charge is 0.416 e. The smallest absolute Gasteiger partial charge is 0.339 e. The average molecular weight is 688 g/mol. The molecule has 1 N–H and O–H groups in total. The molecule has 256 valence electrons. The van der Waals surface area contributed by atoms with Gasteiger partial charge in [0.1, 0.15) is 17.7 Å². The van der Waals surface area contributed by atoms with E-state index < -0.39 is 53.4 Å². The van der Waals surface area contributed by atoms with Gasteiger partial charge in [-0.15, -0.1) is 0 Å². The zero-order valence-electron chi connectivity index (χ0n) is 25.9. The molecule has 0 aliphatic carbocycles. The van der Waals surface area contributed by atoms with Crippen LogP contribution in [-0.4, -0.2) is 58.2 Å². The van der Waals surface area contributed by atoms with Crippen molar-refractivity contribution in [2.24, 2.45) is 0 Å². The van der Waals surface area contributed by atoms with Crippen molar-refractivity contribution in [3.63, 3.8) is 0 Å². The summed E-state index contributed by atoms with van der Waals surface area (Å²) in [6.07, 6.45) is -9.34. The van der Waals surface area contributed by atoms with Gasteiger partial charge in [0.25, 0.3) is 11.8 Å². The summed E-state index contributed by atoms with van der Waals surface area (Å²) < 4.78 is 94.5. The van der Waals surface area contributed by atoms with Gasteiger partial charge in [-0.05, 0) is 55.0 Å².